The van der Waals surface area contributed by atoms with Gasteiger partial charge in [0.25, 0.3) is 0 Å². The molecule has 4 heteroatoms. The van der Waals surface area contributed by atoms with Crippen molar-refractivity contribution in [3.63, 3.8) is 0 Å². The van der Waals surface area contributed by atoms with Crippen molar-refractivity contribution < 1.29 is 13.2 Å². The maximum atomic E-state index is 12.7. The summed E-state index contributed by atoms with van der Waals surface area (Å²) in [5, 5.41) is 3.44. The van der Waals surface area contributed by atoms with Gasteiger partial charge in [-0.2, -0.15) is 13.2 Å². The number of hydrogen-bond acceptors (Lipinski definition) is 1. The number of halogens is 3. The Bertz CT molecular complexity index is 455. The molecule has 20 heavy (non-hydrogen) atoms. The highest BCUT2D eigenvalue weighted by Crippen LogP contribution is 2.41. The zero-order valence-electron chi connectivity index (χ0n) is 12.1. The molecule has 0 saturated heterocycles. The van der Waals surface area contributed by atoms with E-state index in [1.165, 1.54) is 12.1 Å². The highest BCUT2D eigenvalue weighted by molar-refractivity contribution is 5.26. The first kappa shape index (κ1) is 15.4. The van der Waals surface area contributed by atoms with E-state index < -0.39 is 11.7 Å². The van der Waals surface area contributed by atoms with E-state index in [1.807, 2.05) is 0 Å². The van der Waals surface area contributed by atoms with Crippen LogP contribution in [0.25, 0.3) is 0 Å². The molecule has 1 fully saturated rings. The van der Waals surface area contributed by atoms with Gasteiger partial charge in [-0.05, 0) is 49.3 Å². The van der Waals surface area contributed by atoms with Gasteiger partial charge >= 0.3 is 6.18 Å². The van der Waals surface area contributed by atoms with Crippen molar-refractivity contribution in [3.8, 4) is 0 Å². The highest BCUT2D eigenvalue weighted by Gasteiger charge is 2.35. The fourth-order valence-corrected chi connectivity index (χ4v) is 3.30. The maximum Gasteiger partial charge on any atom is 0.416 e. The van der Waals surface area contributed by atoms with E-state index in [9.17, 15) is 13.2 Å². The summed E-state index contributed by atoms with van der Waals surface area (Å²) in [6.45, 7) is 5.22. The van der Waals surface area contributed by atoms with Crippen LogP contribution in [0, 0.1) is 5.41 Å². The molecule has 2 atom stereocenters. The van der Waals surface area contributed by atoms with Crippen LogP contribution < -0.4 is 5.32 Å². The first-order chi connectivity index (χ1) is 9.32. The lowest BCUT2D eigenvalue weighted by atomic mass is 9.81. The molecular formula is C16H22F3N. The minimum Gasteiger partial charge on any atom is -0.314 e. The van der Waals surface area contributed by atoms with Crippen LogP contribution >= 0.6 is 0 Å². The Morgan fingerprint density at radius 2 is 2.10 bits per heavy atom. The summed E-state index contributed by atoms with van der Waals surface area (Å²) in [6.07, 6.45) is -0.307. The van der Waals surface area contributed by atoms with E-state index >= 15 is 0 Å². The third kappa shape index (κ3) is 3.75. The van der Waals surface area contributed by atoms with Gasteiger partial charge in [0, 0.05) is 6.04 Å². The Balaban J connectivity index is 2.07. The van der Waals surface area contributed by atoms with Gasteiger partial charge in [0.1, 0.15) is 0 Å². The van der Waals surface area contributed by atoms with Crippen molar-refractivity contribution in [3.05, 3.63) is 35.4 Å². The minimum absolute atomic E-state index is 0.108. The zero-order valence-corrected chi connectivity index (χ0v) is 12.1. The lowest BCUT2D eigenvalue weighted by molar-refractivity contribution is -0.137. The Hall–Kier alpha value is -1.03. The van der Waals surface area contributed by atoms with Crippen molar-refractivity contribution >= 4 is 0 Å². The molecule has 2 rings (SSSR count). The monoisotopic (exact) mass is 285 g/mol. The largest absolute Gasteiger partial charge is 0.416 e. The fourth-order valence-electron chi connectivity index (χ4n) is 3.30. The molecule has 1 aromatic rings. The third-order valence-corrected chi connectivity index (χ3v) is 4.21. The standard InChI is InChI=1S/C16H22F3N/c1-3-20-14-7-8-15(2,11-14)10-12-5-4-6-13(9-12)16(17,18)19/h4-6,9,14,20H,3,7-8,10-11H2,1-2H3. The van der Waals surface area contributed by atoms with E-state index in [4.69, 9.17) is 0 Å². The average Bonchev–Trinajstić information content (AvgIpc) is 2.70. The quantitative estimate of drug-likeness (QED) is 0.863. The summed E-state index contributed by atoms with van der Waals surface area (Å²) >= 11 is 0. The van der Waals surface area contributed by atoms with Crippen LogP contribution in [0.15, 0.2) is 24.3 Å². The van der Waals surface area contributed by atoms with Crippen LogP contribution in [0.1, 0.15) is 44.2 Å². The van der Waals surface area contributed by atoms with Crippen molar-refractivity contribution in [1.82, 2.24) is 5.32 Å². The number of rotatable bonds is 4. The van der Waals surface area contributed by atoms with Gasteiger partial charge in [0.2, 0.25) is 0 Å². The molecule has 1 aliphatic rings. The Morgan fingerprint density at radius 1 is 1.35 bits per heavy atom. The molecule has 0 spiro atoms. The molecular weight excluding hydrogens is 263 g/mol. The van der Waals surface area contributed by atoms with Crippen molar-refractivity contribution in [1.29, 1.82) is 0 Å². The third-order valence-electron chi connectivity index (χ3n) is 4.21. The van der Waals surface area contributed by atoms with Crippen molar-refractivity contribution in [2.24, 2.45) is 5.41 Å². The second-order valence-electron chi connectivity index (χ2n) is 6.18. The molecule has 2 unspecified atom stereocenters. The second kappa shape index (κ2) is 5.76. The van der Waals surface area contributed by atoms with E-state index in [-0.39, 0.29) is 5.41 Å². The molecule has 0 amide bonds. The predicted molar refractivity (Wildman–Crippen MR) is 74.6 cm³/mol. The molecule has 1 saturated carbocycles. The summed E-state index contributed by atoms with van der Waals surface area (Å²) in [6, 6.07) is 6.27. The predicted octanol–water partition coefficient (Wildman–Crippen LogP) is 4.42. The summed E-state index contributed by atoms with van der Waals surface area (Å²) in [7, 11) is 0. The Kier molecular flexibility index (Phi) is 4.43. The molecule has 112 valence electrons. The van der Waals surface area contributed by atoms with Gasteiger partial charge in [0.05, 0.1) is 5.56 Å². The van der Waals surface area contributed by atoms with Crippen LogP contribution in [0.3, 0.4) is 0 Å². The maximum absolute atomic E-state index is 12.7. The first-order valence-corrected chi connectivity index (χ1v) is 7.22. The van der Waals surface area contributed by atoms with E-state index in [0.29, 0.717) is 6.04 Å². The normalized spacial score (nSPS) is 26.9. The average molecular weight is 285 g/mol. The lowest BCUT2D eigenvalue weighted by Gasteiger charge is -2.25. The molecule has 1 nitrogen and oxygen atoms in total. The van der Waals surface area contributed by atoms with E-state index in [0.717, 1.165) is 43.9 Å². The van der Waals surface area contributed by atoms with Gasteiger partial charge < -0.3 is 5.32 Å². The smallest absolute Gasteiger partial charge is 0.314 e. The van der Waals surface area contributed by atoms with Crippen molar-refractivity contribution in [2.75, 3.05) is 6.54 Å². The van der Waals surface area contributed by atoms with E-state index in [1.54, 1.807) is 6.07 Å². The SMILES string of the molecule is CCNC1CCC(C)(Cc2cccc(C(F)(F)F)c2)C1. The molecule has 0 radical (unpaired) electrons. The van der Waals surface area contributed by atoms with Gasteiger partial charge in [-0.25, -0.2) is 0 Å². The number of benzene rings is 1. The number of nitrogens with one attached hydrogen (secondary N) is 1. The first-order valence-electron chi connectivity index (χ1n) is 7.22. The molecule has 0 bridgehead atoms. The second-order valence-corrected chi connectivity index (χ2v) is 6.18. The molecule has 0 aromatic heterocycles. The van der Waals surface area contributed by atoms with E-state index in [2.05, 4.69) is 19.2 Å². The van der Waals surface area contributed by atoms with Gasteiger partial charge in [-0.15, -0.1) is 0 Å². The summed E-state index contributed by atoms with van der Waals surface area (Å²) in [5.74, 6) is 0. The highest BCUT2D eigenvalue weighted by atomic mass is 19.4. The van der Waals surface area contributed by atoms with Crippen LogP contribution in [-0.2, 0) is 12.6 Å². The molecule has 1 N–H and O–H groups in total. The van der Waals surface area contributed by atoms with Crippen LogP contribution in [0.2, 0.25) is 0 Å². The molecule has 0 aliphatic heterocycles. The number of alkyl halides is 3. The molecule has 0 heterocycles. The summed E-state index contributed by atoms with van der Waals surface area (Å²) in [4.78, 5) is 0. The van der Waals surface area contributed by atoms with Crippen molar-refractivity contribution in [2.45, 2.75) is 51.7 Å². The zero-order chi connectivity index (χ0) is 14.8. The Labute approximate surface area is 118 Å². The lowest BCUT2D eigenvalue weighted by Crippen LogP contribution is -2.28. The minimum atomic E-state index is -4.25. The molecule has 1 aliphatic carbocycles. The summed E-state index contributed by atoms with van der Waals surface area (Å²) in [5.41, 5.74) is 0.358. The molecule has 1 aromatic carbocycles. The van der Waals surface area contributed by atoms with Crippen LogP contribution in [0.4, 0.5) is 13.2 Å². The number of hydrogen-bond donors (Lipinski definition) is 1. The van der Waals surface area contributed by atoms with Gasteiger partial charge in [-0.1, -0.05) is 32.0 Å². The topological polar surface area (TPSA) is 12.0 Å². The van der Waals surface area contributed by atoms with Crippen LogP contribution in [-0.4, -0.2) is 12.6 Å². The van der Waals surface area contributed by atoms with Crippen LogP contribution in [0.5, 0.6) is 0 Å². The summed E-state index contributed by atoms with van der Waals surface area (Å²) < 4.78 is 38.2. The Morgan fingerprint density at radius 3 is 2.75 bits per heavy atom. The van der Waals surface area contributed by atoms with Gasteiger partial charge in [-0.3, -0.25) is 0 Å². The van der Waals surface area contributed by atoms with Gasteiger partial charge in [0.15, 0.2) is 0 Å². The fraction of sp³-hybridized carbons (Fsp3) is 0.625.